The van der Waals surface area contributed by atoms with Crippen molar-refractivity contribution < 1.29 is 0 Å². The van der Waals surface area contributed by atoms with Crippen molar-refractivity contribution in [1.82, 2.24) is 10.2 Å². The standard InChI is InChI=1S/C12H24N2/c1-12(6-8-14(2)9-7-12)10-13-11-4-3-5-11/h11,13H,3-10H2,1-2H3. The Balaban J connectivity index is 1.71. The minimum absolute atomic E-state index is 0.572. The Morgan fingerprint density at radius 2 is 1.93 bits per heavy atom. The molecule has 0 atom stereocenters. The van der Waals surface area contributed by atoms with Crippen LogP contribution in [0.3, 0.4) is 0 Å². The summed E-state index contributed by atoms with van der Waals surface area (Å²) >= 11 is 0. The van der Waals surface area contributed by atoms with Crippen LogP contribution in [0, 0.1) is 5.41 Å². The molecule has 0 bridgehead atoms. The molecule has 0 spiro atoms. The van der Waals surface area contributed by atoms with Gasteiger partial charge in [0, 0.05) is 12.6 Å². The van der Waals surface area contributed by atoms with E-state index in [0.29, 0.717) is 5.41 Å². The molecule has 1 N–H and O–H groups in total. The molecule has 0 aromatic carbocycles. The molecule has 0 radical (unpaired) electrons. The third-order valence-corrected chi connectivity index (χ3v) is 4.12. The molecule has 2 rings (SSSR count). The third kappa shape index (κ3) is 2.48. The second-order valence-electron chi connectivity index (χ2n) is 5.62. The molecule has 0 aromatic rings. The van der Waals surface area contributed by atoms with Crippen LogP contribution in [0.4, 0.5) is 0 Å². The van der Waals surface area contributed by atoms with Gasteiger partial charge in [-0.2, -0.15) is 0 Å². The van der Waals surface area contributed by atoms with E-state index in [-0.39, 0.29) is 0 Å². The lowest BCUT2D eigenvalue weighted by atomic mass is 9.79. The Labute approximate surface area is 88.1 Å². The first kappa shape index (κ1) is 10.4. The number of nitrogens with zero attached hydrogens (tertiary/aromatic N) is 1. The Bertz CT molecular complexity index is 179. The van der Waals surface area contributed by atoms with Gasteiger partial charge in [0.2, 0.25) is 0 Å². The van der Waals surface area contributed by atoms with Gasteiger partial charge in [0.15, 0.2) is 0 Å². The Morgan fingerprint density at radius 3 is 2.43 bits per heavy atom. The summed E-state index contributed by atoms with van der Waals surface area (Å²) in [6, 6.07) is 0.853. The van der Waals surface area contributed by atoms with E-state index >= 15 is 0 Å². The summed E-state index contributed by atoms with van der Waals surface area (Å²) < 4.78 is 0. The van der Waals surface area contributed by atoms with Crippen LogP contribution < -0.4 is 5.32 Å². The lowest BCUT2D eigenvalue weighted by Gasteiger charge is -2.40. The molecule has 82 valence electrons. The monoisotopic (exact) mass is 196 g/mol. The summed E-state index contributed by atoms with van der Waals surface area (Å²) in [7, 11) is 2.24. The molecule has 1 aliphatic heterocycles. The normalized spacial score (nSPS) is 28.7. The van der Waals surface area contributed by atoms with E-state index in [1.54, 1.807) is 0 Å². The summed E-state index contributed by atoms with van der Waals surface area (Å²) in [5, 5.41) is 3.73. The van der Waals surface area contributed by atoms with Crippen molar-refractivity contribution in [2.75, 3.05) is 26.7 Å². The van der Waals surface area contributed by atoms with E-state index in [0.717, 1.165) is 6.04 Å². The van der Waals surface area contributed by atoms with Crippen LogP contribution in [-0.4, -0.2) is 37.6 Å². The van der Waals surface area contributed by atoms with E-state index in [1.165, 1.54) is 51.7 Å². The first-order valence-corrected chi connectivity index (χ1v) is 6.10. The smallest absolute Gasteiger partial charge is 0.00673 e. The van der Waals surface area contributed by atoms with Gasteiger partial charge in [0.25, 0.3) is 0 Å². The first-order valence-electron chi connectivity index (χ1n) is 6.10. The molecule has 2 heteroatoms. The average molecular weight is 196 g/mol. The predicted molar refractivity (Wildman–Crippen MR) is 60.5 cm³/mol. The molecule has 0 amide bonds. The number of hydrogen-bond donors (Lipinski definition) is 1. The Kier molecular flexibility index (Phi) is 3.13. The maximum absolute atomic E-state index is 3.73. The van der Waals surface area contributed by atoms with Crippen LogP contribution in [-0.2, 0) is 0 Å². The molecule has 14 heavy (non-hydrogen) atoms. The lowest BCUT2D eigenvalue weighted by molar-refractivity contribution is 0.128. The van der Waals surface area contributed by atoms with Crippen LogP contribution in [0.1, 0.15) is 39.0 Å². The third-order valence-electron chi connectivity index (χ3n) is 4.12. The maximum atomic E-state index is 3.73. The SMILES string of the molecule is CN1CCC(C)(CNC2CCC2)CC1. The average Bonchev–Trinajstić information content (AvgIpc) is 2.08. The van der Waals surface area contributed by atoms with Crippen LogP contribution in [0.5, 0.6) is 0 Å². The minimum Gasteiger partial charge on any atom is -0.313 e. The number of hydrogen-bond acceptors (Lipinski definition) is 2. The van der Waals surface area contributed by atoms with Gasteiger partial charge < -0.3 is 10.2 Å². The Morgan fingerprint density at radius 1 is 1.29 bits per heavy atom. The highest BCUT2D eigenvalue weighted by molar-refractivity contribution is 4.86. The van der Waals surface area contributed by atoms with Gasteiger partial charge in [0.05, 0.1) is 0 Å². The lowest BCUT2D eigenvalue weighted by Crippen LogP contribution is -2.46. The molecule has 0 unspecified atom stereocenters. The summed E-state index contributed by atoms with van der Waals surface area (Å²) in [4.78, 5) is 2.45. The first-order chi connectivity index (χ1) is 6.68. The van der Waals surface area contributed by atoms with Crippen molar-refractivity contribution >= 4 is 0 Å². The molecule has 1 heterocycles. The molecule has 2 nitrogen and oxygen atoms in total. The van der Waals surface area contributed by atoms with E-state index in [9.17, 15) is 0 Å². The molecular formula is C12H24N2. The molecule has 1 aliphatic carbocycles. The van der Waals surface area contributed by atoms with Crippen molar-refractivity contribution in [3.8, 4) is 0 Å². The van der Waals surface area contributed by atoms with E-state index in [4.69, 9.17) is 0 Å². The fourth-order valence-corrected chi connectivity index (χ4v) is 2.34. The number of rotatable bonds is 3. The van der Waals surface area contributed by atoms with Gasteiger partial charge >= 0.3 is 0 Å². The molecule has 1 saturated carbocycles. The molecule has 0 aromatic heterocycles. The van der Waals surface area contributed by atoms with Crippen molar-refractivity contribution in [2.24, 2.45) is 5.41 Å². The van der Waals surface area contributed by atoms with Gasteiger partial charge in [-0.15, -0.1) is 0 Å². The van der Waals surface area contributed by atoms with E-state index in [1.807, 2.05) is 0 Å². The van der Waals surface area contributed by atoms with Gasteiger partial charge in [-0.05, 0) is 51.2 Å². The number of piperidine rings is 1. The number of likely N-dealkylation sites (tertiary alicyclic amines) is 1. The zero-order valence-corrected chi connectivity index (χ0v) is 9.68. The van der Waals surface area contributed by atoms with Gasteiger partial charge in [0.1, 0.15) is 0 Å². The van der Waals surface area contributed by atoms with Crippen molar-refractivity contribution in [3.63, 3.8) is 0 Å². The molecule has 1 saturated heterocycles. The quantitative estimate of drug-likeness (QED) is 0.741. The summed E-state index contributed by atoms with van der Waals surface area (Å²) in [5.41, 5.74) is 0.572. The summed E-state index contributed by atoms with van der Waals surface area (Å²) in [6.07, 6.45) is 7.00. The topological polar surface area (TPSA) is 15.3 Å². The molecule has 2 aliphatic rings. The minimum atomic E-state index is 0.572. The predicted octanol–water partition coefficient (Wildman–Crippen LogP) is 1.86. The summed E-state index contributed by atoms with van der Waals surface area (Å²) in [6.45, 7) is 6.25. The van der Waals surface area contributed by atoms with Crippen molar-refractivity contribution in [3.05, 3.63) is 0 Å². The van der Waals surface area contributed by atoms with E-state index < -0.39 is 0 Å². The highest BCUT2D eigenvalue weighted by atomic mass is 15.1. The summed E-state index contributed by atoms with van der Waals surface area (Å²) in [5.74, 6) is 0. The van der Waals surface area contributed by atoms with E-state index in [2.05, 4.69) is 24.2 Å². The maximum Gasteiger partial charge on any atom is 0.00673 e. The Hall–Kier alpha value is -0.0800. The fourth-order valence-electron chi connectivity index (χ4n) is 2.34. The highest BCUT2D eigenvalue weighted by Gasteiger charge is 2.30. The van der Waals surface area contributed by atoms with Crippen LogP contribution in [0.15, 0.2) is 0 Å². The van der Waals surface area contributed by atoms with Crippen molar-refractivity contribution in [1.29, 1.82) is 0 Å². The van der Waals surface area contributed by atoms with Crippen LogP contribution in [0.25, 0.3) is 0 Å². The zero-order valence-electron chi connectivity index (χ0n) is 9.68. The second kappa shape index (κ2) is 4.19. The second-order valence-corrected chi connectivity index (χ2v) is 5.62. The molecule has 2 fully saturated rings. The fraction of sp³-hybridized carbons (Fsp3) is 1.00. The van der Waals surface area contributed by atoms with Crippen LogP contribution in [0.2, 0.25) is 0 Å². The zero-order chi connectivity index (χ0) is 10.0. The van der Waals surface area contributed by atoms with Crippen molar-refractivity contribution in [2.45, 2.75) is 45.1 Å². The van der Waals surface area contributed by atoms with Gasteiger partial charge in [-0.3, -0.25) is 0 Å². The largest absolute Gasteiger partial charge is 0.313 e. The highest BCUT2D eigenvalue weighted by Crippen LogP contribution is 2.30. The van der Waals surface area contributed by atoms with Gasteiger partial charge in [-0.25, -0.2) is 0 Å². The number of nitrogens with one attached hydrogen (secondary N) is 1. The molecular weight excluding hydrogens is 172 g/mol. The van der Waals surface area contributed by atoms with Gasteiger partial charge in [-0.1, -0.05) is 13.3 Å². The van der Waals surface area contributed by atoms with Crippen LogP contribution >= 0.6 is 0 Å².